The number of carbonyl (C=O) groups is 1. The summed E-state index contributed by atoms with van der Waals surface area (Å²) in [4.78, 5) is 31.0. The van der Waals surface area contributed by atoms with E-state index in [4.69, 9.17) is 0 Å². The summed E-state index contributed by atoms with van der Waals surface area (Å²) in [6, 6.07) is 14.6. The van der Waals surface area contributed by atoms with Crippen LogP contribution in [0, 0.1) is 6.92 Å². The third-order valence-corrected chi connectivity index (χ3v) is 3.29. The molecule has 0 atom stereocenters. The summed E-state index contributed by atoms with van der Waals surface area (Å²) < 4.78 is 0. The zero-order valence-electron chi connectivity index (χ0n) is 12.1. The Balaban J connectivity index is 1.81. The second-order valence-corrected chi connectivity index (χ2v) is 5.12. The average Bonchev–Trinajstić information content (AvgIpc) is 2.47. The molecule has 5 nitrogen and oxygen atoms in total. The van der Waals surface area contributed by atoms with Crippen molar-refractivity contribution in [2.24, 2.45) is 0 Å². The van der Waals surface area contributed by atoms with E-state index in [1.54, 1.807) is 18.2 Å². The molecule has 0 saturated heterocycles. The number of aromatic amines is 1. The van der Waals surface area contributed by atoms with E-state index in [2.05, 4.69) is 15.3 Å². The summed E-state index contributed by atoms with van der Waals surface area (Å²) in [5, 5.41) is 3.32. The molecular formula is C17H15N3O2. The SMILES string of the molecule is Cc1cccc(NC(=O)Cc2nc3ccccc3c(=O)[nH]2)c1. The number of amides is 1. The van der Waals surface area contributed by atoms with Gasteiger partial charge in [-0.05, 0) is 36.8 Å². The maximum absolute atomic E-state index is 12.1. The van der Waals surface area contributed by atoms with Crippen molar-refractivity contribution in [3.8, 4) is 0 Å². The molecule has 0 fully saturated rings. The maximum Gasteiger partial charge on any atom is 0.258 e. The van der Waals surface area contributed by atoms with E-state index in [1.807, 2.05) is 37.3 Å². The van der Waals surface area contributed by atoms with Gasteiger partial charge in [0.25, 0.3) is 5.56 Å². The van der Waals surface area contributed by atoms with Gasteiger partial charge < -0.3 is 10.3 Å². The van der Waals surface area contributed by atoms with Gasteiger partial charge in [-0.3, -0.25) is 9.59 Å². The van der Waals surface area contributed by atoms with E-state index in [0.29, 0.717) is 16.7 Å². The Morgan fingerprint density at radius 2 is 2.00 bits per heavy atom. The quantitative estimate of drug-likeness (QED) is 0.778. The van der Waals surface area contributed by atoms with Gasteiger partial charge in [-0.1, -0.05) is 24.3 Å². The molecule has 5 heteroatoms. The normalized spacial score (nSPS) is 10.6. The van der Waals surface area contributed by atoms with E-state index >= 15 is 0 Å². The molecule has 0 bridgehead atoms. The average molecular weight is 293 g/mol. The van der Waals surface area contributed by atoms with Gasteiger partial charge in [0.05, 0.1) is 17.3 Å². The number of fused-ring (bicyclic) bond motifs is 1. The lowest BCUT2D eigenvalue weighted by atomic mass is 10.2. The molecule has 0 aliphatic rings. The van der Waals surface area contributed by atoms with E-state index < -0.39 is 0 Å². The van der Waals surface area contributed by atoms with Crippen molar-refractivity contribution in [2.75, 3.05) is 5.32 Å². The molecule has 0 unspecified atom stereocenters. The number of nitrogens with zero attached hydrogens (tertiary/aromatic N) is 1. The second-order valence-electron chi connectivity index (χ2n) is 5.12. The van der Waals surface area contributed by atoms with Crippen LogP contribution in [0.3, 0.4) is 0 Å². The molecule has 0 aliphatic carbocycles. The number of aryl methyl sites for hydroxylation is 1. The van der Waals surface area contributed by atoms with Crippen LogP contribution in [0.15, 0.2) is 53.3 Å². The van der Waals surface area contributed by atoms with Crippen molar-refractivity contribution < 1.29 is 4.79 Å². The van der Waals surface area contributed by atoms with Gasteiger partial charge in [-0.25, -0.2) is 4.98 Å². The molecule has 2 aromatic carbocycles. The lowest BCUT2D eigenvalue weighted by molar-refractivity contribution is -0.115. The lowest BCUT2D eigenvalue weighted by Crippen LogP contribution is -2.19. The lowest BCUT2D eigenvalue weighted by Gasteiger charge is -2.06. The Bertz CT molecular complexity index is 900. The highest BCUT2D eigenvalue weighted by molar-refractivity contribution is 5.92. The van der Waals surface area contributed by atoms with Gasteiger partial charge in [0.15, 0.2) is 0 Å². The van der Waals surface area contributed by atoms with E-state index in [-0.39, 0.29) is 17.9 Å². The summed E-state index contributed by atoms with van der Waals surface area (Å²) >= 11 is 0. The van der Waals surface area contributed by atoms with Gasteiger partial charge in [-0.2, -0.15) is 0 Å². The maximum atomic E-state index is 12.1. The summed E-state index contributed by atoms with van der Waals surface area (Å²) in [5.41, 5.74) is 2.15. The molecule has 1 heterocycles. The van der Waals surface area contributed by atoms with Crippen LogP contribution in [-0.4, -0.2) is 15.9 Å². The number of hydrogen-bond donors (Lipinski definition) is 2. The number of anilines is 1. The molecule has 0 aliphatic heterocycles. The zero-order valence-corrected chi connectivity index (χ0v) is 12.1. The predicted molar refractivity (Wildman–Crippen MR) is 85.9 cm³/mol. The van der Waals surface area contributed by atoms with Crippen LogP contribution < -0.4 is 10.9 Å². The number of para-hydroxylation sites is 1. The van der Waals surface area contributed by atoms with Crippen LogP contribution in [-0.2, 0) is 11.2 Å². The molecule has 0 radical (unpaired) electrons. The monoisotopic (exact) mass is 293 g/mol. The smallest absolute Gasteiger partial charge is 0.258 e. The number of rotatable bonds is 3. The van der Waals surface area contributed by atoms with Gasteiger partial charge in [0.1, 0.15) is 5.82 Å². The zero-order chi connectivity index (χ0) is 15.5. The Kier molecular flexibility index (Phi) is 3.70. The first-order valence-corrected chi connectivity index (χ1v) is 6.96. The number of hydrogen-bond acceptors (Lipinski definition) is 3. The minimum absolute atomic E-state index is 0.0218. The summed E-state index contributed by atoms with van der Waals surface area (Å²) in [6.07, 6.45) is 0.0218. The fourth-order valence-electron chi connectivity index (χ4n) is 2.30. The van der Waals surface area contributed by atoms with Crippen molar-refractivity contribution >= 4 is 22.5 Å². The second kappa shape index (κ2) is 5.81. The van der Waals surface area contributed by atoms with E-state index in [0.717, 1.165) is 11.3 Å². The Morgan fingerprint density at radius 3 is 2.82 bits per heavy atom. The molecule has 1 amide bonds. The largest absolute Gasteiger partial charge is 0.326 e. The highest BCUT2D eigenvalue weighted by Gasteiger charge is 2.08. The third-order valence-electron chi connectivity index (χ3n) is 3.29. The molecule has 3 aromatic rings. The van der Waals surface area contributed by atoms with Crippen molar-refractivity contribution in [1.29, 1.82) is 0 Å². The van der Waals surface area contributed by atoms with E-state index in [9.17, 15) is 9.59 Å². The molecule has 0 spiro atoms. The minimum Gasteiger partial charge on any atom is -0.326 e. The standard InChI is InChI=1S/C17H15N3O2/c1-11-5-4-6-12(9-11)18-16(21)10-15-19-14-8-3-2-7-13(14)17(22)20-15/h2-9H,10H2,1H3,(H,18,21)(H,19,20,22). The van der Waals surface area contributed by atoms with Gasteiger partial charge in [0.2, 0.25) is 5.91 Å². The summed E-state index contributed by atoms with van der Waals surface area (Å²) in [6.45, 7) is 1.96. The molecule has 1 aromatic heterocycles. The molecule has 3 rings (SSSR count). The predicted octanol–water partition coefficient (Wildman–Crippen LogP) is 2.41. The summed E-state index contributed by atoms with van der Waals surface area (Å²) in [7, 11) is 0. The molecular weight excluding hydrogens is 278 g/mol. The van der Waals surface area contributed by atoms with Crippen molar-refractivity contribution in [3.63, 3.8) is 0 Å². The first-order valence-electron chi connectivity index (χ1n) is 6.96. The first kappa shape index (κ1) is 14.0. The molecule has 110 valence electrons. The molecule has 2 N–H and O–H groups in total. The number of nitrogens with one attached hydrogen (secondary N) is 2. The molecule has 0 saturated carbocycles. The van der Waals surface area contributed by atoms with Crippen LogP contribution in [0.2, 0.25) is 0 Å². The highest BCUT2D eigenvalue weighted by Crippen LogP contribution is 2.10. The Labute approximate surface area is 127 Å². The van der Waals surface area contributed by atoms with Crippen LogP contribution in [0.5, 0.6) is 0 Å². The number of H-pyrrole nitrogens is 1. The van der Waals surface area contributed by atoms with Crippen LogP contribution in [0.4, 0.5) is 5.69 Å². The Hall–Kier alpha value is -2.95. The fourth-order valence-corrected chi connectivity index (χ4v) is 2.30. The number of benzene rings is 2. The van der Waals surface area contributed by atoms with Crippen molar-refractivity contribution in [3.05, 3.63) is 70.3 Å². The Morgan fingerprint density at radius 1 is 1.18 bits per heavy atom. The summed E-state index contributed by atoms with van der Waals surface area (Å²) in [5.74, 6) is 0.137. The fraction of sp³-hybridized carbons (Fsp3) is 0.118. The first-order chi connectivity index (χ1) is 10.6. The highest BCUT2D eigenvalue weighted by atomic mass is 16.1. The number of carbonyl (C=O) groups excluding carboxylic acids is 1. The van der Waals surface area contributed by atoms with Gasteiger partial charge in [-0.15, -0.1) is 0 Å². The van der Waals surface area contributed by atoms with E-state index in [1.165, 1.54) is 0 Å². The van der Waals surface area contributed by atoms with Crippen LogP contribution in [0.1, 0.15) is 11.4 Å². The number of aromatic nitrogens is 2. The van der Waals surface area contributed by atoms with Crippen LogP contribution >= 0.6 is 0 Å². The third kappa shape index (κ3) is 3.03. The van der Waals surface area contributed by atoms with Crippen molar-refractivity contribution in [2.45, 2.75) is 13.3 Å². The van der Waals surface area contributed by atoms with Crippen molar-refractivity contribution in [1.82, 2.24) is 9.97 Å². The van der Waals surface area contributed by atoms with Gasteiger partial charge >= 0.3 is 0 Å². The molecule has 22 heavy (non-hydrogen) atoms. The van der Waals surface area contributed by atoms with Gasteiger partial charge in [0, 0.05) is 5.69 Å². The topological polar surface area (TPSA) is 74.8 Å². The minimum atomic E-state index is -0.232. The van der Waals surface area contributed by atoms with Crippen LogP contribution in [0.25, 0.3) is 10.9 Å².